The molecule has 160 valence electrons. The van der Waals surface area contributed by atoms with Crippen molar-refractivity contribution in [3.8, 4) is 17.5 Å². The summed E-state index contributed by atoms with van der Waals surface area (Å²) in [6, 6.07) is 18.2. The summed E-state index contributed by atoms with van der Waals surface area (Å²) in [5, 5.41) is 12.7. The maximum absolute atomic E-state index is 12.8. The van der Waals surface area contributed by atoms with Gasteiger partial charge >= 0.3 is 0 Å². The van der Waals surface area contributed by atoms with E-state index in [2.05, 4.69) is 16.4 Å². The molecule has 0 radical (unpaired) electrons. The molecule has 1 fully saturated rings. The van der Waals surface area contributed by atoms with Crippen LogP contribution in [0.2, 0.25) is 0 Å². The fourth-order valence-electron chi connectivity index (χ4n) is 3.66. The zero-order valence-corrected chi connectivity index (χ0v) is 18.1. The van der Waals surface area contributed by atoms with Gasteiger partial charge in [-0.25, -0.2) is 8.42 Å². The van der Waals surface area contributed by atoms with Gasteiger partial charge in [0.1, 0.15) is 6.07 Å². The minimum Gasteiger partial charge on any atom is -0.419 e. The van der Waals surface area contributed by atoms with Crippen LogP contribution >= 0.6 is 0 Å². The molecule has 31 heavy (non-hydrogen) atoms. The van der Waals surface area contributed by atoms with Gasteiger partial charge in [-0.05, 0) is 49.6 Å². The van der Waals surface area contributed by atoms with Gasteiger partial charge in [0.2, 0.25) is 27.5 Å². The predicted molar refractivity (Wildman–Crippen MR) is 118 cm³/mol. The number of piperidine rings is 1. The molecule has 0 aliphatic carbocycles. The molecule has 0 bridgehead atoms. The first-order valence-corrected chi connectivity index (χ1v) is 11.8. The van der Waals surface area contributed by atoms with Crippen LogP contribution in [-0.2, 0) is 10.0 Å². The summed E-state index contributed by atoms with van der Waals surface area (Å²) in [6.07, 6.45) is 2.85. The van der Waals surface area contributed by atoms with Crippen LogP contribution in [0.15, 0.2) is 63.9 Å². The van der Waals surface area contributed by atoms with Crippen LogP contribution in [-0.4, -0.2) is 30.8 Å². The molecule has 1 aromatic heterocycles. The number of benzene rings is 2. The van der Waals surface area contributed by atoms with E-state index in [1.165, 1.54) is 4.31 Å². The van der Waals surface area contributed by atoms with E-state index >= 15 is 0 Å². The summed E-state index contributed by atoms with van der Waals surface area (Å²) in [5.74, 6) is 0.556. The van der Waals surface area contributed by atoms with Crippen LogP contribution in [0.1, 0.15) is 43.5 Å². The average Bonchev–Trinajstić information content (AvgIpc) is 3.23. The van der Waals surface area contributed by atoms with Crippen molar-refractivity contribution in [2.75, 3.05) is 18.4 Å². The third kappa shape index (κ3) is 4.48. The molecule has 1 saturated heterocycles. The molecule has 2 aromatic carbocycles. The van der Waals surface area contributed by atoms with E-state index in [9.17, 15) is 13.7 Å². The van der Waals surface area contributed by atoms with Gasteiger partial charge in [0.15, 0.2) is 0 Å². The zero-order valence-electron chi connectivity index (χ0n) is 17.3. The van der Waals surface area contributed by atoms with E-state index < -0.39 is 10.0 Å². The van der Waals surface area contributed by atoms with Crippen LogP contribution in [0.25, 0.3) is 11.5 Å². The van der Waals surface area contributed by atoms with Crippen molar-refractivity contribution >= 4 is 15.9 Å². The van der Waals surface area contributed by atoms with Gasteiger partial charge in [0.25, 0.3) is 0 Å². The standard InChI is InChI=1S/C23H24N4O3S/c1-17(18-8-4-2-5-9-18)25-23-21(16-24)26-22(30-23)19-10-12-20(13-11-19)31(28,29)27-14-6-3-7-15-27/h2,4-5,8-13,17,25H,3,6-7,14-15H2,1H3/t17-/m0/s1. The van der Waals surface area contributed by atoms with Crippen molar-refractivity contribution < 1.29 is 12.8 Å². The lowest BCUT2D eigenvalue weighted by Crippen LogP contribution is -2.35. The first-order chi connectivity index (χ1) is 15.0. The van der Waals surface area contributed by atoms with Crippen LogP contribution in [0, 0.1) is 11.3 Å². The maximum Gasteiger partial charge on any atom is 0.243 e. The molecule has 1 aliphatic rings. The number of anilines is 1. The molecule has 0 amide bonds. The number of rotatable bonds is 6. The van der Waals surface area contributed by atoms with Gasteiger partial charge in [-0.1, -0.05) is 36.8 Å². The van der Waals surface area contributed by atoms with Gasteiger partial charge in [0, 0.05) is 18.7 Å². The van der Waals surface area contributed by atoms with Gasteiger partial charge in [-0.3, -0.25) is 0 Å². The van der Waals surface area contributed by atoms with Crippen molar-refractivity contribution in [1.82, 2.24) is 9.29 Å². The van der Waals surface area contributed by atoms with Crippen LogP contribution in [0.5, 0.6) is 0 Å². The summed E-state index contributed by atoms with van der Waals surface area (Å²) in [7, 11) is -3.50. The number of oxazole rings is 1. The summed E-state index contributed by atoms with van der Waals surface area (Å²) in [4.78, 5) is 4.53. The molecule has 0 saturated carbocycles. The highest BCUT2D eigenvalue weighted by Gasteiger charge is 2.26. The Balaban J connectivity index is 1.55. The quantitative estimate of drug-likeness (QED) is 0.608. The van der Waals surface area contributed by atoms with E-state index in [4.69, 9.17) is 4.42 Å². The Kier molecular flexibility index (Phi) is 6.07. The van der Waals surface area contributed by atoms with Crippen molar-refractivity contribution in [3.63, 3.8) is 0 Å². The van der Waals surface area contributed by atoms with Gasteiger partial charge < -0.3 is 9.73 Å². The molecule has 0 unspecified atom stereocenters. The zero-order chi connectivity index (χ0) is 21.8. The molecule has 3 aromatic rings. The topological polar surface area (TPSA) is 99.2 Å². The van der Waals surface area contributed by atoms with Gasteiger partial charge in [0.05, 0.1) is 10.9 Å². The third-order valence-corrected chi connectivity index (χ3v) is 7.35. The molecule has 7 nitrogen and oxygen atoms in total. The van der Waals surface area contributed by atoms with Gasteiger partial charge in [-0.2, -0.15) is 14.6 Å². The second kappa shape index (κ2) is 8.92. The number of nitrogens with zero attached hydrogens (tertiary/aromatic N) is 3. The van der Waals surface area contributed by atoms with Crippen molar-refractivity contribution in [3.05, 3.63) is 65.9 Å². The minimum atomic E-state index is -3.50. The summed E-state index contributed by atoms with van der Waals surface area (Å²) in [5.41, 5.74) is 1.81. The molecule has 8 heteroatoms. The molecule has 4 rings (SSSR count). The summed E-state index contributed by atoms with van der Waals surface area (Å²) >= 11 is 0. The summed E-state index contributed by atoms with van der Waals surface area (Å²) < 4.78 is 33.0. The van der Waals surface area contributed by atoms with Crippen molar-refractivity contribution in [1.29, 1.82) is 5.26 Å². The Hall–Kier alpha value is -3.15. The Morgan fingerprint density at radius 1 is 1.06 bits per heavy atom. The maximum atomic E-state index is 12.8. The van der Waals surface area contributed by atoms with Gasteiger partial charge in [-0.15, -0.1) is 0 Å². The fourth-order valence-corrected chi connectivity index (χ4v) is 5.18. The highest BCUT2D eigenvalue weighted by molar-refractivity contribution is 7.89. The van der Waals surface area contributed by atoms with E-state index in [0.717, 1.165) is 24.8 Å². The smallest absolute Gasteiger partial charge is 0.243 e. The summed E-state index contributed by atoms with van der Waals surface area (Å²) in [6.45, 7) is 3.09. The molecular weight excluding hydrogens is 412 g/mol. The number of hydrogen-bond acceptors (Lipinski definition) is 6. The normalized spacial score (nSPS) is 15.9. The highest BCUT2D eigenvalue weighted by Crippen LogP contribution is 2.29. The number of aromatic nitrogens is 1. The largest absolute Gasteiger partial charge is 0.419 e. The van der Waals surface area contributed by atoms with Crippen molar-refractivity contribution in [2.24, 2.45) is 0 Å². The molecular formula is C23H24N4O3S. The monoisotopic (exact) mass is 436 g/mol. The number of hydrogen-bond donors (Lipinski definition) is 1. The fraction of sp³-hybridized carbons (Fsp3) is 0.304. The second-order valence-corrected chi connectivity index (χ2v) is 9.51. The van der Waals surface area contributed by atoms with Crippen molar-refractivity contribution in [2.45, 2.75) is 37.1 Å². The predicted octanol–water partition coefficient (Wildman–Crippen LogP) is 4.56. The van der Waals surface area contributed by atoms with Crippen LogP contribution in [0.3, 0.4) is 0 Å². The lowest BCUT2D eigenvalue weighted by atomic mass is 10.1. The second-order valence-electron chi connectivity index (χ2n) is 7.57. The molecule has 1 atom stereocenters. The molecule has 1 N–H and O–H groups in total. The SMILES string of the molecule is C[C@H](Nc1oc(-c2ccc(S(=O)(=O)N3CCCCC3)cc2)nc1C#N)c1ccccc1. The first-order valence-electron chi connectivity index (χ1n) is 10.3. The number of nitriles is 1. The van der Waals surface area contributed by atoms with Crippen LogP contribution in [0.4, 0.5) is 5.88 Å². The highest BCUT2D eigenvalue weighted by atomic mass is 32.2. The Morgan fingerprint density at radius 3 is 2.39 bits per heavy atom. The lowest BCUT2D eigenvalue weighted by Gasteiger charge is -2.25. The minimum absolute atomic E-state index is 0.0776. The lowest BCUT2D eigenvalue weighted by molar-refractivity contribution is 0.346. The van der Waals surface area contributed by atoms with E-state index in [0.29, 0.717) is 24.5 Å². The Labute approximate surface area is 182 Å². The van der Waals surface area contributed by atoms with E-state index in [1.54, 1.807) is 24.3 Å². The molecule has 0 spiro atoms. The third-order valence-electron chi connectivity index (χ3n) is 5.43. The van der Waals surface area contributed by atoms with E-state index in [1.807, 2.05) is 37.3 Å². The Bertz CT molecular complexity index is 1180. The molecule has 1 aliphatic heterocycles. The van der Waals surface area contributed by atoms with Crippen LogP contribution < -0.4 is 5.32 Å². The number of sulfonamides is 1. The van der Waals surface area contributed by atoms with E-state index in [-0.39, 0.29) is 22.5 Å². The number of nitrogens with one attached hydrogen (secondary N) is 1. The molecule has 2 heterocycles. The average molecular weight is 437 g/mol. The Morgan fingerprint density at radius 2 is 1.74 bits per heavy atom. The first kappa shape index (κ1) is 21.1.